The Labute approximate surface area is 200 Å². The minimum absolute atomic E-state index is 0.863. The van der Waals surface area contributed by atoms with Crippen LogP contribution in [-0.4, -0.2) is 24.3 Å². The van der Waals surface area contributed by atoms with Gasteiger partial charge in [-0.1, -0.05) is 74.1 Å². The zero-order valence-electron chi connectivity index (χ0n) is 17.1. The van der Waals surface area contributed by atoms with Gasteiger partial charge in [0.25, 0.3) is 0 Å². The van der Waals surface area contributed by atoms with Crippen molar-refractivity contribution >= 4 is 43.8 Å². The molecule has 0 aliphatic rings. The van der Waals surface area contributed by atoms with Gasteiger partial charge in [-0.05, 0) is 59.5 Å². The molecule has 6 heteroatoms. The van der Waals surface area contributed by atoms with Crippen molar-refractivity contribution in [3.63, 3.8) is 0 Å². The fourth-order valence-corrected chi connectivity index (χ4v) is 5.32. The van der Waals surface area contributed by atoms with Gasteiger partial charge in [-0.2, -0.15) is 0 Å². The van der Waals surface area contributed by atoms with Crippen molar-refractivity contribution in [2.24, 2.45) is 0 Å². The van der Waals surface area contributed by atoms with Gasteiger partial charge in [-0.25, -0.2) is 4.31 Å². The van der Waals surface area contributed by atoms with Gasteiger partial charge in [-0.3, -0.25) is 0 Å². The lowest BCUT2D eigenvalue weighted by Crippen LogP contribution is -2.16. The number of benzene rings is 3. The van der Waals surface area contributed by atoms with Crippen LogP contribution in [0.1, 0.15) is 16.7 Å². The van der Waals surface area contributed by atoms with Gasteiger partial charge in [0, 0.05) is 27.8 Å². The first-order chi connectivity index (χ1) is 14.6. The molecule has 0 aliphatic carbocycles. The van der Waals surface area contributed by atoms with E-state index in [1.165, 1.54) is 16.7 Å². The lowest BCUT2D eigenvalue weighted by atomic mass is 10.2. The molecular weight excluding hydrogens is 526 g/mol. The first-order valence-corrected chi connectivity index (χ1v) is 12.2. The molecule has 0 aliphatic heterocycles. The first kappa shape index (κ1) is 23.2. The highest BCUT2D eigenvalue weighted by molar-refractivity contribution is 9.11. The predicted octanol–water partition coefficient (Wildman–Crippen LogP) is 7.12. The molecule has 0 aromatic heterocycles. The summed E-state index contributed by atoms with van der Waals surface area (Å²) in [6.07, 6.45) is 1.00. The lowest BCUT2D eigenvalue weighted by molar-refractivity contribution is 0.413. The smallest absolute Gasteiger partial charge is 0.118 e. The van der Waals surface area contributed by atoms with Gasteiger partial charge in [0.2, 0.25) is 0 Å². The molecule has 0 saturated carbocycles. The molecule has 0 saturated heterocycles. The van der Waals surface area contributed by atoms with Gasteiger partial charge >= 0.3 is 0 Å². The number of hydrogen-bond acceptors (Lipinski definition) is 4. The summed E-state index contributed by atoms with van der Waals surface area (Å²) in [5.41, 5.74) is 3.85. The van der Waals surface area contributed by atoms with Crippen LogP contribution in [0.3, 0.4) is 0 Å². The van der Waals surface area contributed by atoms with Gasteiger partial charge in [0.15, 0.2) is 0 Å². The van der Waals surface area contributed by atoms with E-state index >= 15 is 0 Å². The number of methoxy groups -OCH3 is 2. The second-order valence-electron chi connectivity index (χ2n) is 6.81. The number of nitrogens with zero attached hydrogens (tertiary/aromatic N) is 1. The molecule has 0 spiro atoms. The van der Waals surface area contributed by atoms with E-state index in [0.717, 1.165) is 45.7 Å². The molecule has 3 rings (SSSR count). The van der Waals surface area contributed by atoms with Crippen LogP contribution >= 0.6 is 43.8 Å². The molecule has 0 radical (unpaired) electrons. The average molecular weight is 551 g/mol. The molecular formula is C24H25Br2NO2S. The van der Waals surface area contributed by atoms with Gasteiger partial charge in [0.1, 0.15) is 11.5 Å². The number of halogens is 2. The van der Waals surface area contributed by atoms with Crippen LogP contribution in [0, 0.1) is 0 Å². The zero-order chi connectivity index (χ0) is 21.3. The minimum Gasteiger partial charge on any atom is -0.497 e. The SMILES string of the molecule is COc1ccc(CN(Cc2ccc(OC)cc2)SCCc2ccc(Br)cc2Br)cc1. The summed E-state index contributed by atoms with van der Waals surface area (Å²) in [6.45, 7) is 1.73. The van der Waals surface area contributed by atoms with Crippen LogP contribution in [0.5, 0.6) is 11.5 Å². The summed E-state index contributed by atoms with van der Waals surface area (Å²) in [5.74, 6) is 2.77. The topological polar surface area (TPSA) is 21.7 Å². The molecule has 3 nitrogen and oxygen atoms in total. The molecule has 0 bridgehead atoms. The summed E-state index contributed by atoms with van der Waals surface area (Å²) in [5, 5.41) is 0. The van der Waals surface area contributed by atoms with E-state index in [0.29, 0.717) is 0 Å². The van der Waals surface area contributed by atoms with E-state index in [2.05, 4.69) is 78.6 Å². The first-order valence-electron chi connectivity index (χ1n) is 9.65. The Kier molecular flexibility index (Phi) is 9.12. The van der Waals surface area contributed by atoms with Crippen LogP contribution in [-0.2, 0) is 19.5 Å². The number of ether oxygens (including phenoxy) is 2. The maximum atomic E-state index is 5.29. The number of hydrogen-bond donors (Lipinski definition) is 0. The third kappa shape index (κ3) is 7.05. The summed E-state index contributed by atoms with van der Waals surface area (Å²) in [7, 11) is 3.39. The lowest BCUT2D eigenvalue weighted by Gasteiger charge is -2.22. The zero-order valence-corrected chi connectivity index (χ0v) is 21.1. The Morgan fingerprint density at radius 1 is 0.767 bits per heavy atom. The Bertz CT molecular complexity index is 883. The second kappa shape index (κ2) is 11.8. The maximum Gasteiger partial charge on any atom is 0.118 e. The van der Waals surface area contributed by atoms with Crippen molar-refractivity contribution in [2.45, 2.75) is 19.5 Å². The van der Waals surface area contributed by atoms with Crippen LogP contribution in [0.25, 0.3) is 0 Å². The van der Waals surface area contributed by atoms with Crippen LogP contribution in [0.2, 0.25) is 0 Å². The van der Waals surface area contributed by atoms with Crippen molar-refractivity contribution in [1.29, 1.82) is 0 Å². The molecule has 0 amide bonds. The highest BCUT2D eigenvalue weighted by Crippen LogP contribution is 2.26. The van der Waals surface area contributed by atoms with Crippen molar-refractivity contribution in [2.75, 3.05) is 20.0 Å². The summed E-state index contributed by atoms with van der Waals surface area (Å²) in [4.78, 5) is 0. The van der Waals surface area contributed by atoms with E-state index in [4.69, 9.17) is 9.47 Å². The van der Waals surface area contributed by atoms with Gasteiger partial charge < -0.3 is 9.47 Å². The van der Waals surface area contributed by atoms with Gasteiger partial charge in [0.05, 0.1) is 14.2 Å². The quantitative estimate of drug-likeness (QED) is 0.250. The predicted molar refractivity (Wildman–Crippen MR) is 133 cm³/mol. The van der Waals surface area contributed by atoms with Crippen molar-refractivity contribution in [3.05, 3.63) is 92.4 Å². The highest BCUT2D eigenvalue weighted by Gasteiger charge is 2.10. The highest BCUT2D eigenvalue weighted by atomic mass is 79.9. The fraction of sp³-hybridized carbons (Fsp3) is 0.250. The molecule has 0 unspecified atom stereocenters. The third-order valence-corrected chi connectivity index (χ3v) is 6.94. The monoisotopic (exact) mass is 549 g/mol. The second-order valence-corrected chi connectivity index (χ2v) is 9.77. The summed E-state index contributed by atoms with van der Waals surface area (Å²) < 4.78 is 15.2. The van der Waals surface area contributed by atoms with Crippen molar-refractivity contribution in [1.82, 2.24) is 4.31 Å². The number of aryl methyl sites for hydroxylation is 1. The Hall–Kier alpha value is -1.47. The summed E-state index contributed by atoms with van der Waals surface area (Å²) in [6, 6.07) is 23.0. The normalized spacial score (nSPS) is 11.0. The molecule has 3 aromatic rings. The third-order valence-electron chi connectivity index (χ3n) is 4.70. The van der Waals surface area contributed by atoms with E-state index in [1.54, 1.807) is 14.2 Å². The van der Waals surface area contributed by atoms with Crippen molar-refractivity contribution in [3.8, 4) is 11.5 Å². The maximum absolute atomic E-state index is 5.29. The standard InChI is InChI=1S/C24H25Br2NO2S/c1-28-22-9-3-18(4-10-22)16-27(17-19-5-11-23(29-2)12-6-19)30-14-13-20-7-8-21(25)15-24(20)26/h3-12,15H,13-14,16-17H2,1-2H3. The van der Waals surface area contributed by atoms with E-state index in [1.807, 2.05) is 36.2 Å². The largest absolute Gasteiger partial charge is 0.497 e. The Balaban J connectivity index is 1.66. The average Bonchev–Trinajstić information content (AvgIpc) is 2.76. The summed E-state index contributed by atoms with van der Waals surface area (Å²) >= 11 is 9.07. The molecule has 0 heterocycles. The fourth-order valence-electron chi connectivity index (χ4n) is 3.03. The molecule has 3 aromatic carbocycles. The minimum atomic E-state index is 0.863. The molecule has 0 atom stereocenters. The Morgan fingerprint density at radius 3 is 1.77 bits per heavy atom. The van der Waals surface area contributed by atoms with E-state index < -0.39 is 0 Å². The van der Waals surface area contributed by atoms with Gasteiger partial charge in [-0.15, -0.1) is 0 Å². The molecule has 30 heavy (non-hydrogen) atoms. The molecule has 158 valence electrons. The number of rotatable bonds is 10. The Morgan fingerprint density at radius 2 is 1.30 bits per heavy atom. The van der Waals surface area contributed by atoms with Crippen LogP contribution < -0.4 is 9.47 Å². The van der Waals surface area contributed by atoms with Crippen molar-refractivity contribution < 1.29 is 9.47 Å². The molecule has 0 fully saturated rings. The van der Waals surface area contributed by atoms with Crippen LogP contribution in [0.15, 0.2) is 75.7 Å². The molecule has 0 N–H and O–H groups in total. The van der Waals surface area contributed by atoms with E-state index in [-0.39, 0.29) is 0 Å². The van der Waals surface area contributed by atoms with E-state index in [9.17, 15) is 0 Å². The van der Waals surface area contributed by atoms with Crippen LogP contribution in [0.4, 0.5) is 0 Å².